The van der Waals surface area contributed by atoms with Crippen molar-refractivity contribution < 1.29 is 19.2 Å². The number of amides is 2. The van der Waals surface area contributed by atoms with Gasteiger partial charge in [0.2, 0.25) is 11.8 Å². The number of hydrogen-bond donors (Lipinski definition) is 2. The molecule has 6 rings (SSSR count). The summed E-state index contributed by atoms with van der Waals surface area (Å²) in [6.45, 7) is 0.767. The van der Waals surface area contributed by atoms with Gasteiger partial charge in [-0.15, -0.1) is 0 Å². The summed E-state index contributed by atoms with van der Waals surface area (Å²) in [4.78, 5) is 35.9. The number of morpholine rings is 1. The van der Waals surface area contributed by atoms with Crippen LogP contribution >= 0.6 is 11.8 Å². The molecule has 34 heavy (non-hydrogen) atoms. The molecule has 9 unspecified atom stereocenters. The second kappa shape index (κ2) is 9.88. The largest absolute Gasteiger partial charge is 0.366 e. The summed E-state index contributed by atoms with van der Waals surface area (Å²) in [5.41, 5.74) is 3.27. The number of fused-ring (bicyclic) bond motifs is 3. The molecule has 190 valence electrons. The van der Waals surface area contributed by atoms with E-state index in [0.29, 0.717) is 34.9 Å². The second-order valence-corrected chi connectivity index (χ2v) is 12.8. The van der Waals surface area contributed by atoms with Gasteiger partial charge in [-0.3, -0.25) is 19.7 Å². The van der Waals surface area contributed by atoms with Crippen molar-refractivity contribution >= 4 is 23.6 Å². The van der Waals surface area contributed by atoms with Crippen molar-refractivity contribution in [1.82, 2.24) is 20.6 Å². The summed E-state index contributed by atoms with van der Waals surface area (Å²) in [5, 5.41) is 4.63. The van der Waals surface area contributed by atoms with Gasteiger partial charge in [-0.05, 0) is 50.9 Å². The van der Waals surface area contributed by atoms with E-state index in [-0.39, 0.29) is 43.0 Å². The monoisotopic (exact) mass is 492 g/mol. The van der Waals surface area contributed by atoms with Crippen molar-refractivity contribution in [2.75, 3.05) is 20.2 Å². The fourth-order valence-corrected chi connectivity index (χ4v) is 9.52. The normalized spacial score (nSPS) is 45.4. The minimum absolute atomic E-state index is 0.0853. The number of nitrogens with zero attached hydrogens (tertiary/aromatic N) is 2. The van der Waals surface area contributed by atoms with E-state index in [0.717, 1.165) is 44.9 Å². The van der Waals surface area contributed by atoms with Crippen molar-refractivity contribution in [3.05, 3.63) is 0 Å². The van der Waals surface area contributed by atoms with Crippen LogP contribution in [-0.4, -0.2) is 82.9 Å². The Labute approximate surface area is 207 Å². The van der Waals surface area contributed by atoms with Crippen molar-refractivity contribution in [2.24, 2.45) is 11.8 Å². The molecule has 3 saturated heterocycles. The molecule has 3 saturated carbocycles. The Morgan fingerprint density at radius 1 is 0.971 bits per heavy atom. The van der Waals surface area contributed by atoms with Crippen LogP contribution in [0.2, 0.25) is 0 Å². The van der Waals surface area contributed by atoms with Gasteiger partial charge in [-0.25, -0.2) is 0 Å². The van der Waals surface area contributed by atoms with Crippen LogP contribution in [0.15, 0.2) is 0 Å². The predicted octanol–water partition coefficient (Wildman–Crippen LogP) is 2.23. The Kier molecular flexibility index (Phi) is 6.84. The zero-order chi connectivity index (χ0) is 23.2. The fraction of sp³-hybridized carbons (Fsp3) is 0.920. The summed E-state index contributed by atoms with van der Waals surface area (Å²) in [6.07, 6.45) is 12.4. The van der Waals surface area contributed by atoms with Crippen molar-refractivity contribution in [1.29, 1.82) is 0 Å². The van der Waals surface area contributed by atoms with Gasteiger partial charge in [0.1, 0.15) is 12.8 Å². The van der Waals surface area contributed by atoms with Crippen molar-refractivity contribution in [3.8, 4) is 0 Å². The van der Waals surface area contributed by atoms with E-state index in [1.807, 2.05) is 11.9 Å². The molecule has 0 aromatic carbocycles. The van der Waals surface area contributed by atoms with E-state index in [9.17, 15) is 9.59 Å². The Morgan fingerprint density at radius 3 is 2.71 bits per heavy atom. The standard InChI is InChI=1S/C25H40N4O4S/c1-28-18-11-10-15(12-21(18)34-20-9-5-2-6-16(20)25(28)31)24-26-22(33-27-24)13-29-17-7-3-4-8-19(17)32-14-23(29)30/h15-22,24,26-27H,2-14H2,1H3. The average Bonchev–Trinajstić information content (AvgIpc) is 3.30. The molecule has 9 heteroatoms. The van der Waals surface area contributed by atoms with Crippen LogP contribution in [0.5, 0.6) is 0 Å². The number of rotatable bonds is 3. The number of hydroxylamine groups is 1. The van der Waals surface area contributed by atoms with Crippen LogP contribution in [0.25, 0.3) is 0 Å². The topological polar surface area (TPSA) is 83.1 Å². The molecule has 0 spiro atoms. The van der Waals surface area contributed by atoms with Gasteiger partial charge in [0.15, 0.2) is 0 Å². The van der Waals surface area contributed by atoms with Crippen molar-refractivity contribution in [3.63, 3.8) is 0 Å². The van der Waals surface area contributed by atoms with Crippen molar-refractivity contribution in [2.45, 2.75) is 112 Å². The van der Waals surface area contributed by atoms with Crippen LogP contribution in [0.4, 0.5) is 0 Å². The van der Waals surface area contributed by atoms with Crippen LogP contribution in [-0.2, 0) is 19.2 Å². The van der Waals surface area contributed by atoms with Gasteiger partial charge in [-0.1, -0.05) is 25.7 Å². The molecule has 0 bridgehead atoms. The minimum Gasteiger partial charge on any atom is -0.366 e. The maximum Gasteiger partial charge on any atom is 0.249 e. The minimum atomic E-state index is -0.193. The molecule has 8 nitrogen and oxygen atoms in total. The molecule has 6 fully saturated rings. The molecule has 6 aliphatic rings. The molecule has 2 N–H and O–H groups in total. The molecule has 3 aliphatic carbocycles. The quantitative estimate of drug-likeness (QED) is 0.625. The smallest absolute Gasteiger partial charge is 0.249 e. The molecular formula is C25H40N4O4S. The molecule has 0 radical (unpaired) electrons. The summed E-state index contributed by atoms with van der Waals surface area (Å²) in [5.74, 6) is 1.16. The molecule has 9 atom stereocenters. The van der Waals surface area contributed by atoms with E-state index in [1.54, 1.807) is 0 Å². The van der Waals surface area contributed by atoms with E-state index in [1.165, 1.54) is 25.7 Å². The van der Waals surface area contributed by atoms with Crippen LogP contribution in [0, 0.1) is 11.8 Å². The van der Waals surface area contributed by atoms with Gasteiger partial charge >= 0.3 is 0 Å². The lowest BCUT2D eigenvalue weighted by atomic mass is 9.82. The SMILES string of the molecule is CN1C(=O)C2CCCCC2SC2CC(C3NOC(CN4C(=O)COC5CCCCC54)N3)CCC21. The molecule has 0 aromatic heterocycles. The highest BCUT2D eigenvalue weighted by Crippen LogP contribution is 2.46. The lowest BCUT2D eigenvalue weighted by Gasteiger charge is -2.44. The third-order valence-electron chi connectivity index (χ3n) is 9.36. The first-order valence-corrected chi connectivity index (χ1v) is 14.5. The van der Waals surface area contributed by atoms with Gasteiger partial charge in [0.25, 0.3) is 0 Å². The first-order chi connectivity index (χ1) is 16.6. The number of carbonyl (C=O) groups excluding carboxylic acids is 2. The average molecular weight is 493 g/mol. The highest BCUT2D eigenvalue weighted by atomic mass is 32.2. The number of carbonyl (C=O) groups is 2. The molecule has 2 amide bonds. The van der Waals surface area contributed by atoms with Crippen LogP contribution in [0.3, 0.4) is 0 Å². The number of hydrogen-bond acceptors (Lipinski definition) is 7. The second-order valence-electron chi connectivity index (χ2n) is 11.3. The third-order valence-corrected chi connectivity index (χ3v) is 11.1. The zero-order valence-electron chi connectivity index (χ0n) is 20.3. The third kappa shape index (κ3) is 4.40. The summed E-state index contributed by atoms with van der Waals surface area (Å²) < 4.78 is 5.82. The lowest BCUT2D eigenvalue weighted by molar-refractivity contribution is -0.164. The highest BCUT2D eigenvalue weighted by Gasteiger charge is 2.47. The van der Waals surface area contributed by atoms with Gasteiger partial charge in [0.05, 0.1) is 30.8 Å². The predicted molar refractivity (Wildman–Crippen MR) is 130 cm³/mol. The molecular weight excluding hydrogens is 452 g/mol. The first-order valence-electron chi connectivity index (χ1n) is 13.6. The summed E-state index contributed by atoms with van der Waals surface area (Å²) in [6, 6.07) is 0.542. The number of nitrogens with one attached hydrogen (secondary N) is 2. The summed E-state index contributed by atoms with van der Waals surface area (Å²) in [7, 11) is 2.04. The van der Waals surface area contributed by atoms with Gasteiger partial charge in [-0.2, -0.15) is 17.2 Å². The molecule has 3 heterocycles. The molecule has 3 aliphatic heterocycles. The fourth-order valence-electron chi connectivity index (χ4n) is 7.46. The zero-order valence-corrected chi connectivity index (χ0v) is 21.1. The van der Waals surface area contributed by atoms with E-state index < -0.39 is 0 Å². The Balaban J connectivity index is 1.08. The Hall–Kier alpha value is -0.870. The molecule has 0 aromatic rings. The Morgan fingerprint density at radius 2 is 1.79 bits per heavy atom. The number of ether oxygens (including phenoxy) is 1. The maximum atomic E-state index is 13.2. The van der Waals surface area contributed by atoms with E-state index in [2.05, 4.69) is 27.5 Å². The first kappa shape index (κ1) is 23.5. The highest BCUT2D eigenvalue weighted by molar-refractivity contribution is 8.00. The summed E-state index contributed by atoms with van der Waals surface area (Å²) >= 11 is 2.11. The van der Waals surface area contributed by atoms with Gasteiger partial charge < -0.3 is 14.5 Å². The van der Waals surface area contributed by atoms with E-state index in [4.69, 9.17) is 9.57 Å². The number of thioether (sulfide) groups is 1. The lowest BCUT2D eigenvalue weighted by Crippen LogP contribution is -2.58. The maximum absolute atomic E-state index is 13.2. The van der Waals surface area contributed by atoms with E-state index >= 15 is 0 Å². The Bertz CT molecular complexity index is 786. The van der Waals surface area contributed by atoms with Gasteiger partial charge in [0, 0.05) is 23.6 Å². The van der Waals surface area contributed by atoms with Crippen LogP contribution in [0.1, 0.15) is 70.6 Å². The van der Waals surface area contributed by atoms with Crippen LogP contribution < -0.4 is 10.8 Å².